The number of fused-ring (bicyclic) bond motifs is 1. The molecule has 1 aliphatic rings. The minimum Gasteiger partial charge on any atom is -0.326 e. The van der Waals surface area contributed by atoms with Crippen molar-refractivity contribution in [2.75, 3.05) is 0 Å². The Morgan fingerprint density at radius 1 is 1.44 bits per heavy atom. The highest BCUT2D eigenvalue weighted by atomic mass is 35.5. The van der Waals surface area contributed by atoms with Crippen LogP contribution in [0.1, 0.15) is 38.4 Å². The fourth-order valence-electron chi connectivity index (χ4n) is 2.71. The van der Waals surface area contributed by atoms with Gasteiger partial charge in [-0.3, -0.25) is 0 Å². The molecule has 0 bridgehead atoms. The summed E-state index contributed by atoms with van der Waals surface area (Å²) in [6.07, 6.45) is 4.35. The molecular formula is C14H18ClN3. The molecular weight excluding hydrogens is 246 g/mol. The Balaban J connectivity index is 2.20. The maximum absolute atomic E-state index is 6.44. The summed E-state index contributed by atoms with van der Waals surface area (Å²) >= 11 is 6.04. The zero-order chi connectivity index (χ0) is 12.8. The van der Waals surface area contributed by atoms with Crippen LogP contribution in [0.3, 0.4) is 0 Å². The molecule has 4 heteroatoms. The SMILES string of the molecule is CCCn1c(C2(N)CCC2)nc2cc(Cl)ccc21. The van der Waals surface area contributed by atoms with Gasteiger partial charge in [0, 0.05) is 11.6 Å². The van der Waals surface area contributed by atoms with Gasteiger partial charge in [-0.1, -0.05) is 18.5 Å². The number of benzene rings is 1. The maximum Gasteiger partial charge on any atom is 0.130 e. The first kappa shape index (κ1) is 12.0. The van der Waals surface area contributed by atoms with Crippen LogP contribution in [0.25, 0.3) is 11.0 Å². The predicted molar refractivity (Wildman–Crippen MR) is 74.8 cm³/mol. The van der Waals surface area contributed by atoms with Crippen LogP contribution in [0.15, 0.2) is 18.2 Å². The second-order valence-electron chi connectivity index (χ2n) is 5.23. The van der Waals surface area contributed by atoms with Crippen molar-refractivity contribution >= 4 is 22.6 Å². The number of aryl methyl sites for hydroxylation is 1. The number of nitrogens with two attached hydrogens (primary N) is 1. The minimum absolute atomic E-state index is 0.222. The predicted octanol–water partition coefficient (Wildman–Crippen LogP) is 3.44. The molecule has 18 heavy (non-hydrogen) atoms. The van der Waals surface area contributed by atoms with E-state index >= 15 is 0 Å². The number of imidazole rings is 1. The van der Waals surface area contributed by atoms with Crippen molar-refractivity contribution in [3.63, 3.8) is 0 Å². The van der Waals surface area contributed by atoms with E-state index in [4.69, 9.17) is 22.3 Å². The first-order valence-electron chi connectivity index (χ1n) is 6.59. The lowest BCUT2D eigenvalue weighted by Crippen LogP contribution is -2.45. The summed E-state index contributed by atoms with van der Waals surface area (Å²) in [5, 5.41) is 0.731. The number of hydrogen-bond acceptors (Lipinski definition) is 2. The standard InChI is InChI=1S/C14H18ClN3/c1-2-8-18-12-5-4-10(15)9-11(12)17-13(18)14(16)6-3-7-14/h4-5,9H,2-3,6-8,16H2,1H3. The van der Waals surface area contributed by atoms with E-state index in [9.17, 15) is 0 Å². The van der Waals surface area contributed by atoms with Crippen LogP contribution in [0, 0.1) is 0 Å². The van der Waals surface area contributed by atoms with E-state index < -0.39 is 0 Å². The molecule has 0 amide bonds. The average molecular weight is 264 g/mol. The Labute approximate surface area is 112 Å². The zero-order valence-corrected chi connectivity index (χ0v) is 11.4. The summed E-state index contributed by atoms with van der Waals surface area (Å²) in [7, 11) is 0. The molecule has 1 aliphatic carbocycles. The monoisotopic (exact) mass is 263 g/mol. The van der Waals surface area contributed by atoms with Crippen LogP contribution < -0.4 is 5.73 Å². The molecule has 3 rings (SSSR count). The second-order valence-corrected chi connectivity index (χ2v) is 5.67. The van der Waals surface area contributed by atoms with Crippen molar-refractivity contribution in [2.24, 2.45) is 5.73 Å². The molecule has 2 N–H and O–H groups in total. The third kappa shape index (κ3) is 1.73. The molecule has 0 unspecified atom stereocenters. The number of nitrogens with zero attached hydrogens (tertiary/aromatic N) is 2. The van der Waals surface area contributed by atoms with Gasteiger partial charge in [-0.25, -0.2) is 4.98 Å². The van der Waals surface area contributed by atoms with Crippen LogP contribution >= 0.6 is 11.6 Å². The lowest BCUT2D eigenvalue weighted by atomic mass is 9.77. The molecule has 96 valence electrons. The highest BCUT2D eigenvalue weighted by Gasteiger charge is 2.38. The van der Waals surface area contributed by atoms with E-state index in [2.05, 4.69) is 11.5 Å². The fourth-order valence-corrected chi connectivity index (χ4v) is 2.88. The fraction of sp³-hybridized carbons (Fsp3) is 0.500. The van der Waals surface area contributed by atoms with Gasteiger partial charge in [-0.05, 0) is 43.9 Å². The van der Waals surface area contributed by atoms with E-state index in [0.717, 1.165) is 47.7 Å². The topological polar surface area (TPSA) is 43.8 Å². The average Bonchev–Trinajstić information content (AvgIpc) is 2.65. The molecule has 3 nitrogen and oxygen atoms in total. The van der Waals surface area contributed by atoms with Crippen molar-refractivity contribution in [3.05, 3.63) is 29.0 Å². The number of halogens is 1. The van der Waals surface area contributed by atoms with E-state index in [1.807, 2.05) is 18.2 Å². The Morgan fingerprint density at radius 2 is 2.22 bits per heavy atom. The summed E-state index contributed by atoms with van der Waals surface area (Å²) in [6, 6.07) is 5.89. The summed E-state index contributed by atoms with van der Waals surface area (Å²) in [4.78, 5) is 4.74. The van der Waals surface area contributed by atoms with Gasteiger partial charge in [0.2, 0.25) is 0 Å². The highest BCUT2D eigenvalue weighted by molar-refractivity contribution is 6.31. The largest absolute Gasteiger partial charge is 0.326 e. The van der Waals surface area contributed by atoms with Crippen molar-refractivity contribution in [3.8, 4) is 0 Å². The van der Waals surface area contributed by atoms with Crippen LogP contribution in [0.5, 0.6) is 0 Å². The van der Waals surface area contributed by atoms with Crippen molar-refractivity contribution < 1.29 is 0 Å². The lowest BCUT2D eigenvalue weighted by Gasteiger charge is -2.37. The van der Waals surface area contributed by atoms with Gasteiger partial charge in [0.25, 0.3) is 0 Å². The summed E-state index contributed by atoms with van der Waals surface area (Å²) in [5.41, 5.74) is 8.33. The quantitative estimate of drug-likeness (QED) is 0.922. The van der Waals surface area contributed by atoms with Crippen molar-refractivity contribution in [1.29, 1.82) is 0 Å². The highest BCUT2D eigenvalue weighted by Crippen LogP contribution is 2.39. The van der Waals surface area contributed by atoms with E-state index in [0.29, 0.717) is 0 Å². The van der Waals surface area contributed by atoms with Crippen LogP contribution in [-0.2, 0) is 12.1 Å². The molecule has 1 heterocycles. The first-order valence-corrected chi connectivity index (χ1v) is 6.97. The van der Waals surface area contributed by atoms with Crippen LogP contribution in [0.2, 0.25) is 5.02 Å². The summed E-state index contributed by atoms with van der Waals surface area (Å²) in [5.74, 6) is 1.04. The second kappa shape index (κ2) is 4.25. The van der Waals surface area contributed by atoms with Crippen molar-refractivity contribution in [1.82, 2.24) is 9.55 Å². The molecule has 0 spiro atoms. The Kier molecular flexibility index (Phi) is 2.83. The minimum atomic E-state index is -0.222. The number of rotatable bonds is 3. The van der Waals surface area contributed by atoms with Gasteiger partial charge in [0.05, 0.1) is 16.6 Å². The van der Waals surface area contributed by atoms with E-state index in [-0.39, 0.29) is 5.54 Å². The molecule has 0 atom stereocenters. The summed E-state index contributed by atoms with van der Waals surface area (Å²) in [6.45, 7) is 3.14. The van der Waals surface area contributed by atoms with Gasteiger partial charge in [-0.2, -0.15) is 0 Å². The molecule has 1 fully saturated rings. The zero-order valence-electron chi connectivity index (χ0n) is 10.6. The Bertz CT molecular complexity index is 584. The van der Waals surface area contributed by atoms with E-state index in [1.54, 1.807) is 0 Å². The normalized spacial score (nSPS) is 17.9. The number of hydrogen-bond donors (Lipinski definition) is 1. The molecule has 2 aromatic rings. The third-order valence-corrected chi connectivity index (χ3v) is 4.08. The van der Waals surface area contributed by atoms with Crippen molar-refractivity contribution in [2.45, 2.75) is 44.7 Å². The van der Waals surface area contributed by atoms with Gasteiger partial charge in [0.15, 0.2) is 0 Å². The van der Waals surface area contributed by atoms with E-state index in [1.165, 1.54) is 6.42 Å². The third-order valence-electron chi connectivity index (χ3n) is 3.85. The van der Waals surface area contributed by atoms with Gasteiger partial charge < -0.3 is 10.3 Å². The van der Waals surface area contributed by atoms with Gasteiger partial charge >= 0.3 is 0 Å². The first-order chi connectivity index (χ1) is 8.64. The molecule has 0 radical (unpaired) electrons. The Hall–Kier alpha value is -1.06. The molecule has 1 saturated carbocycles. The summed E-state index contributed by atoms with van der Waals surface area (Å²) < 4.78 is 2.27. The maximum atomic E-state index is 6.44. The molecule has 0 saturated heterocycles. The van der Waals surface area contributed by atoms with Gasteiger partial charge in [0.1, 0.15) is 5.82 Å². The Morgan fingerprint density at radius 3 is 2.83 bits per heavy atom. The number of aromatic nitrogens is 2. The van der Waals surface area contributed by atoms with Crippen LogP contribution in [0.4, 0.5) is 0 Å². The van der Waals surface area contributed by atoms with Crippen LogP contribution in [-0.4, -0.2) is 9.55 Å². The lowest BCUT2D eigenvalue weighted by molar-refractivity contribution is 0.231. The van der Waals surface area contributed by atoms with Gasteiger partial charge in [-0.15, -0.1) is 0 Å². The molecule has 0 aliphatic heterocycles. The molecule has 1 aromatic heterocycles. The smallest absolute Gasteiger partial charge is 0.130 e. The molecule has 1 aromatic carbocycles.